The zero-order valence-electron chi connectivity index (χ0n) is 8.47. The minimum Gasteiger partial charge on any atom is -0.480 e. The first-order chi connectivity index (χ1) is 7.61. The molecule has 1 aromatic carbocycles. The topological polar surface area (TPSA) is 81.6 Å². The summed E-state index contributed by atoms with van der Waals surface area (Å²) < 4.78 is 0. The number of benzene rings is 1. The largest absolute Gasteiger partial charge is 0.480 e. The smallest absolute Gasteiger partial charge is 0.320 e. The van der Waals surface area contributed by atoms with Gasteiger partial charge >= 0.3 is 5.97 Å². The first-order valence-corrected chi connectivity index (χ1v) is 5.18. The van der Waals surface area contributed by atoms with Gasteiger partial charge in [-0.1, -0.05) is 18.2 Å². The van der Waals surface area contributed by atoms with E-state index in [4.69, 9.17) is 5.11 Å². The average molecular weight is 220 g/mol. The highest BCUT2D eigenvalue weighted by molar-refractivity contribution is 5.76. The summed E-state index contributed by atoms with van der Waals surface area (Å²) in [6, 6.07) is 6.73. The van der Waals surface area contributed by atoms with Gasteiger partial charge < -0.3 is 15.5 Å². The summed E-state index contributed by atoms with van der Waals surface area (Å²) in [6.07, 6.45) is -0.220. The Balaban J connectivity index is 2.01. The molecule has 0 bridgehead atoms. The van der Waals surface area contributed by atoms with Crippen LogP contribution in [0.2, 0.25) is 0 Å². The first-order valence-electron chi connectivity index (χ1n) is 5.18. The Morgan fingerprint density at radius 2 is 2.19 bits per heavy atom. The van der Waals surface area contributed by atoms with Crippen LogP contribution in [0.25, 0.3) is 0 Å². The maximum atomic E-state index is 10.9. The van der Waals surface area contributed by atoms with Gasteiger partial charge in [0.05, 0.1) is 0 Å². The second-order valence-corrected chi connectivity index (χ2v) is 4.31. The molecule has 1 aromatic rings. The molecule has 4 N–H and O–H groups in total. The third-order valence-corrected chi connectivity index (χ3v) is 3.35. The van der Waals surface area contributed by atoms with Gasteiger partial charge in [-0.3, -0.25) is 10.1 Å². The fraction of sp³-hybridized carbons (Fsp3) is 0.364. The normalized spacial score (nSPS) is 35.3. The second kappa shape index (κ2) is 2.96. The molecule has 5 heteroatoms. The van der Waals surface area contributed by atoms with Gasteiger partial charge in [-0.05, 0) is 6.07 Å². The van der Waals surface area contributed by atoms with Crippen LogP contribution in [0.4, 0.5) is 5.69 Å². The van der Waals surface area contributed by atoms with E-state index in [1.165, 1.54) is 0 Å². The number of carboxylic acid groups (broad SMARTS) is 1. The summed E-state index contributed by atoms with van der Waals surface area (Å²) in [6.45, 7) is 0. The van der Waals surface area contributed by atoms with E-state index in [1.54, 1.807) is 0 Å². The molecule has 16 heavy (non-hydrogen) atoms. The lowest BCUT2D eigenvalue weighted by Gasteiger charge is -2.21. The second-order valence-electron chi connectivity index (χ2n) is 4.31. The standard InChI is InChI=1S/C11H12N2O3/c14-9(15)8-5-11(16)6-3-1-2-4-7(6)12-10(11)13-8/h1-4,8,10,12-13,16H,5H2,(H,14,15)/t8?,10-,11-/m0/s1. The molecule has 0 saturated carbocycles. The number of carboxylic acids is 1. The number of hydrogen-bond donors (Lipinski definition) is 4. The Morgan fingerprint density at radius 3 is 2.94 bits per heavy atom. The van der Waals surface area contributed by atoms with Crippen LogP contribution >= 0.6 is 0 Å². The van der Waals surface area contributed by atoms with Gasteiger partial charge in [-0.25, -0.2) is 0 Å². The van der Waals surface area contributed by atoms with Crippen LogP contribution in [-0.4, -0.2) is 28.4 Å². The number of nitrogens with one attached hydrogen (secondary N) is 2. The summed E-state index contributed by atoms with van der Waals surface area (Å²) in [4.78, 5) is 10.9. The van der Waals surface area contributed by atoms with E-state index in [1.807, 2.05) is 24.3 Å². The van der Waals surface area contributed by atoms with E-state index in [0.717, 1.165) is 11.3 Å². The van der Waals surface area contributed by atoms with Crippen molar-refractivity contribution in [2.75, 3.05) is 5.32 Å². The summed E-state index contributed by atoms with van der Waals surface area (Å²) >= 11 is 0. The van der Waals surface area contributed by atoms with Crippen LogP contribution in [0.15, 0.2) is 24.3 Å². The molecule has 3 rings (SSSR count). The predicted octanol–water partition coefficient (Wildman–Crippen LogP) is 0.0723. The minimum absolute atomic E-state index is 0.191. The summed E-state index contributed by atoms with van der Waals surface area (Å²) in [5.41, 5.74) is 0.530. The molecule has 1 unspecified atom stereocenters. The first kappa shape index (κ1) is 9.62. The third-order valence-electron chi connectivity index (χ3n) is 3.35. The van der Waals surface area contributed by atoms with Crippen LogP contribution in [0.1, 0.15) is 12.0 Å². The molecule has 0 amide bonds. The van der Waals surface area contributed by atoms with Crippen molar-refractivity contribution >= 4 is 11.7 Å². The van der Waals surface area contributed by atoms with E-state index in [2.05, 4.69) is 10.6 Å². The number of fused-ring (bicyclic) bond motifs is 3. The fourth-order valence-corrected chi connectivity index (χ4v) is 2.55. The molecule has 2 aliphatic rings. The number of rotatable bonds is 1. The van der Waals surface area contributed by atoms with Crippen molar-refractivity contribution in [3.63, 3.8) is 0 Å². The minimum atomic E-state index is -1.11. The number of para-hydroxylation sites is 1. The Bertz CT molecular complexity index is 462. The molecule has 2 heterocycles. The Labute approximate surface area is 92.1 Å². The van der Waals surface area contributed by atoms with Crippen molar-refractivity contribution in [2.45, 2.75) is 24.2 Å². The molecule has 3 atom stereocenters. The molecule has 0 radical (unpaired) electrons. The van der Waals surface area contributed by atoms with Crippen LogP contribution in [-0.2, 0) is 10.4 Å². The van der Waals surface area contributed by atoms with Crippen molar-refractivity contribution in [2.24, 2.45) is 0 Å². The molecule has 5 nitrogen and oxygen atoms in total. The third kappa shape index (κ3) is 1.10. The van der Waals surface area contributed by atoms with Crippen molar-refractivity contribution in [3.05, 3.63) is 29.8 Å². The molecule has 0 spiro atoms. The molecule has 84 valence electrons. The van der Waals surface area contributed by atoms with Gasteiger partial charge in [0.15, 0.2) is 0 Å². The average Bonchev–Trinajstić information content (AvgIpc) is 2.69. The molecule has 2 aliphatic heterocycles. The lowest BCUT2D eigenvalue weighted by Crippen LogP contribution is -2.42. The lowest BCUT2D eigenvalue weighted by molar-refractivity contribution is -0.139. The van der Waals surface area contributed by atoms with E-state index in [9.17, 15) is 9.90 Å². The highest BCUT2D eigenvalue weighted by atomic mass is 16.4. The number of hydrogen-bond acceptors (Lipinski definition) is 4. The Hall–Kier alpha value is -1.59. The number of carbonyl (C=O) groups is 1. The maximum Gasteiger partial charge on any atom is 0.320 e. The molecule has 0 aliphatic carbocycles. The van der Waals surface area contributed by atoms with Gasteiger partial charge in [0.25, 0.3) is 0 Å². The Kier molecular flexibility index (Phi) is 1.78. The molecule has 1 saturated heterocycles. The predicted molar refractivity (Wildman–Crippen MR) is 56.9 cm³/mol. The van der Waals surface area contributed by atoms with Crippen molar-refractivity contribution < 1.29 is 15.0 Å². The summed E-state index contributed by atoms with van der Waals surface area (Å²) in [5.74, 6) is -0.929. The molecular weight excluding hydrogens is 208 g/mol. The van der Waals surface area contributed by atoms with Crippen LogP contribution in [0, 0.1) is 0 Å². The van der Waals surface area contributed by atoms with Gasteiger partial charge in [0, 0.05) is 17.7 Å². The van der Waals surface area contributed by atoms with Crippen LogP contribution in [0.5, 0.6) is 0 Å². The van der Waals surface area contributed by atoms with Gasteiger partial charge in [-0.2, -0.15) is 0 Å². The van der Waals surface area contributed by atoms with E-state index in [-0.39, 0.29) is 6.42 Å². The number of aliphatic hydroxyl groups is 1. The van der Waals surface area contributed by atoms with Gasteiger partial charge in [-0.15, -0.1) is 0 Å². The molecular formula is C11H12N2O3. The van der Waals surface area contributed by atoms with Crippen LogP contribution < -0.4 is 10.6 Å². The maximum absolute atomic E-state index is 10.9. The quantitative estimate of drug-likeness (QED) is 0.538. The van der Waals surface area contributed by atoms with E-state index in [0.29, 0.717) is 0 Å². The lowest BCUT2D eigenvalue weighted by atomic mass is 9.91. The van der Waals surface area contributed by atoms with E-state index >= 15 is 0 Å². The zero-order chi connectivity index (χ0) is 11.3. The van der Waals surface area contributed by atoms with E-state index < -0.39 is 23.8 Å². The SMILES string of the molecule is O=C(O)C1C[C@]2(O)c3ccccc3N[C@H]2N1. The zero-order valence-corrected chi connectivity index (χ0v) is 8.47. The van der Waals surface area contributed by atoms with Crippen molar-refractivity contribution in [1.29, 1.82) is 0 Å². The summed E-state index contributed by atoms with van der Waals surface area (Å²) in [5, 5.41) is 25.4. The number of aliphatic carboxylic acids is 1. The molecule has 1 fully saturated rings. The van der Waals surface area contributed by atoms with Gasteiger partial charge in [0.2, 0.25) is 0 Å². The van der Waals surface area contributed by atoms with Crippen LogP contribution in [0.3, 0.4) is 0 Å². The Morgan fingerprint density at radius 1 is 1.44 bits per heavy atom. The highest BCUT2D eigenvalue weighted by Crippen LogP contribution is 2.44. The van der Waals surface area contributed by atoms with Crippen molar-refractivity contribution in [3.8, 4) is 0 Å². The highest BCUT2D eigenvalue weighted by Gasteiger charge is 2.53. The summed E-state index contributed by atoms with van der Waals surface area (Å²) in [7, 11) is 0. The van der Waals surface area contributed by atoms with Crippen molar-refractivity contribution in [1.82, 2.24) is 5.32 Å². The molecule has 0 aromatic heterocycles. The monoisotopic (exact) mass is 220 g/mol. The number of anilines is 1. The van der Waals surface area contributed by atoms with Gasteiger partial charge in [0.1, 0.15) is 17.8 Å². The fourth-order valence-electron chi connectivity index (χ4n) is 2.55.